The Morgan fingerprint density at radius 2 is 2.00 bits per heavy atom. The number of ether oxygens (including phenoxy) is 2. The van der Waals surface area contributed by atoms with Crippen molar-refractivity contribution in [1.82, 2.24) is 0 Å². The first-order valence-electron chi connectivity index (χ1n) is 7.08. The fourth-order valence-corrected chi connectivity index (χ4v) is 3.17. The predicted molar refractivity (Wildman–Crippen MR) is 82.0 cm³/mol. The fourth-order valence-electron chi connectivity index (χ4n) is 2.64. The molecule has 3 heteroatoms. The summed E-state index contributed by atoms with van der Waals surface area (Å²) in [5, 5.41) is 0.826. The van der Waals surface area contributed by atoms with E-state index < -0.39 is 0 Å². The molecular weight excluding hydrogens is 304 g/mol. The number of alkyl halides is 1. The van der Waals surface area contributed by atoms with Gasteiger partial charge in [-0.2, -0.15) is 0 Å². The van der Waals surface area contributed by atoms with Gasteiger partial charge in [-0.25, -0.2) is 0 Å². The molecule has 0 amide bonds. The van der Waals surface area contributed by atoms with Crippen molar-refractivity contribution in [1.29, 1.82) is 0 Å². The summed E-state index contributed by atoms with van der Waals surface area (Å²) in [6.45, 7) is 2.33. The van der Waals surface area contributed by atoms with E-state index in [1.165, 1.54) is 31.2 Å². The standard InChI is InChI=1S/C16H23BrO2/c1-12-6-8-14(9-7-12)19-16(11-17)13-4-3-5-15(10-13)18-2/h3-5,10,12,14,16H,6-9,11H2,1-2H3. The Morgan fingerprint density at radius 3 is 2.63 bits per heavy atom. The van der Waals surface area contributed by atoms with E-state index in [4.69, 9.17) is 9.47 Å². The highest BCUT2D eigenvalue weighted by Gasteiger charge is 2.22. The fraction of sp³-hybridized carbons (Fsp3) is 0.625. The van der Waals surface area contributed by atoms with Crippen LogP contribution < -0.4 is 4.74 Å². The van der Waals surface area contributed by atoms with Crippen molar-refractivity contribution in [3.8, 4) is 5.75 Å². The zero-order chi connectivity index (χ0) is 13.7. The number of hydrogen-bond acceptors (Lipinski definition) is 2. The lowest BCUT2D eigenvalue weighted by atomic mass is 9.89. The van der Waals surface area contributed by atoms with Crippen molar-refractivity contribution in [2.75, 3.05) is 12.4 Å². The van der Waals surface area contributed by atoms with Gasteiger partial charge in [0, 0.05) is 5.33 Å². The molecule has 2 nitrogen and oxygen atoms in total. The van der Waals surface area contributed by atoms with Gasteiger partial charge in [0.15, 0.2) is 0 Å². The Kier molecular flexibility index (Phi) is 5.71. The van der Waals surface area contributed by atoms with E-state index in [0.29, 0.717) is 6.10 Å². The minimum atomic E-state index is 0.119. The number of rotatable bonds is 5. The quantitative estimate of drug-likeness (QED) is 0.728. The third-order valence-electron chi connectivity index (χ3n) is 3.93. The van der Waals surface area contributed by atoms with Crippen LogP contribution in [0, 0.1) is 5.92 Å². The molecule has 0 aromatic heterocycles. The Hall–Kier alpha value is -0.540. The highest BCUT2D eigenvalue weighted by Crippen LogP contribution is 2.31. The van der Waals surface area contributed by atoms with E-state index in [9.17, 15) is 0 Å². The zero-order valence-corrected chi connectivity index (χ0v) is 13.4. The van der Waals surface area contributed by atoms with Gasteiger partial charge in [0.1, 0.15) is 5.75 Å². The Morgan fingerprint density at radius 1 is 1.26 bits per heavy atom. The van der Waals surface area contributed by atoms with Gasteiger partial charge in [-0.3, -0.25) is 0 Å². The van der Waals surface area contributed by atoms with Crippen LogP contribution in [0.15, 0.2) is 24.3 Å². The third-order valence-corrected chi connectivity index (χ3v) is 4.51. The number of benzene rings is 1. The third kappa shape index (κ3) is 4.22. The van der Waals surface area contributed by atoms with Crippen LogP contribution in [0.25, 0.3) is 0 Å². The molecule has 1 fully saturated rings. The van der Waals surface area contributed by atoms with Gasteiger partial charge in [0.05, 0.1) is 19.3 Å². The SMILES string of the molecule is COc1cccc(C(CBr)OC2CCC(C)CC2)c1. The summed E-state index contributed by atoms with van der Waals surface area (Å²) in [7, 11) is 1.70. The molecule has 0 heterocycles. The van der Waals surface area contributed by atoms with Crippen LogP contribution in [-0.4, -0.2) is 18.5 Å². The highest BCUT2D eigenvalue weighted by molar-refractivity contribution is 9.09. The summed E-state index contributed by atoms with van der Waals surface area (Å²) in [5.41, 5.74) is 1.19. The van der Waals surface area contributed by atoms with E-state index in [-0.39, 0.29) is 6.10 Å². The van der Waals surface area contributed by atoms with Crippen molar-refractivity contribution < 1.29 is 9.47 Å². The van der Waals surface area contributed by atoms with Crippen molar-refractivity contribution in [3.05, 3.63) is 29.8 Å². The van der Waals surface area contributed by atoms with Crippen molar-refractivity contribution in [2.45, 2.75) is 44.8 Å². The minimum Gasteiger partial charge on any atom is -0.497 e. The number of halogens is 1. The molecule has 0 spiro atoms. The van der Waals surface area contributed by atoms with Crippen molar-refractivity contribution >= 4 is 15.9 Å². The van der Waals surface area contributed by atoms with Gasteiger partial charge in [-0.05, 0) is 49.3 Å². The molecule has 1 aromatic rings. The monoisotopic (exact) mass is 326 g/mol. The van der Waals surface area contributed by atoms with E-state index in [1.54, 1.807) is 7.11 Å². The molecular formula is C16H23BrO2. The average molecular weight is 327 g/mol. The first-order valence-corrected chi connectivity index (χ1v) is 8.20. The highest BCUT2D eigenvalue weighted by atomic mass is 79.9. The van der Waals surface area contributed by atoms with E-state index in [1.807, 2.05) is 12.1 Å². The zero-order valence-electron chi connectivity index (χ0n) is 11.8. The van der Waals surface area contributed by atoms with Crippen LogP contribution in [0.4, 0.5) is 0 Å². The van der Waals surface area contributed by atoms with Gasteiger partial charge < -0.3 is 9.47 Å². The average Bonchev–Trinajstić information content (AvgIpc) is 2.46. The summed E-state index contributed by atoms with van der Waals surface area (Å²) < 4.78 is 11.6. The van der Waals surface area contributed by atoms with E-state index in [2.05, 4.69) is 35.0 Å². The molecule has 1 unspecified atom stereocenters. The van der Waals surface area contributed by atoms with Crippen LogP contribution in [0.1, 0.15) is 44.3 Å². The molecule has 0 bridgehead atoms. The maximum atomic E-state index is 6.27. The second-order valence-corrected chi connectivity index (χ2v) is 6.09. The second kappa shape index (κ2) is 7.30. The van der Waals surface area contributed by atoms with Gasteiger partial charge in [-0.1, -0.05) is 35.0 Å². The van der Waals surface area contributed by atoms with Crippen LogP contribution in [0.5, 0.6) is 5.75 Å². The number of methoxy groups -OCH3 is 1. The van der Waals surface area contributed by atoms with Crippen LogP contribution in [0.2, 0.25) is 0 Å². The van der Waals surface area contributed by atoms with Crippen LogP contribution in [-0.2, 0) is 4.74 Å². The van der Waals surface area contributed by atoms with Gasteiger partial charge in [0.2, 0.25) is 0 Å². The van der Waals surface area contributed by atoms with Crippen molar-refractivity contribution in [2.24, 2.45) is 5.92 Å². The largest absolute Gasteiger partial charge is 0.497 e. The molecule has 0 aliphatic heterocycles. The first-order chi connectivity index (χ1) is 9.22. The molecule has 1 aromatic carbocycles. The van der Waals surface area contributed by atoms with Gasteiger partial charge >= 0.3 is 0 Å². The Balaban J connectivity index is 1.99. The van der Waals surface area contributed by atoms with Crippen LogP contribution in [0.3, 0.4) is 0 Å². The minimum absolute atomic E-state index is 0.119. The lowest BCUT2D eigenvalue weighted by Gasteiger charge is -2.29. The predicted octanol–water partition coefficient (Wildman–Crippen LogP) is 4.73. The van der Waals surface area contributed by atoms with Crippen LogP contribution >= 0.6 is 15.9 Å². The molecule has 0 saturated heterocycles. The molecule has 1 aliphatic carbocycles. The normalized spacial score (nSPS) is 25.0. The summed E-state index contributed by atoms with van der Waals surface area (Å²) in [4.78, 5) is 0. The van der Waals surface area contributed by atoms with E-state index in [0.717, 1.165) is 17.0 Å². The number of hydrogen-bond donors (Lipinski definition) is 0. The van der Waals surface area contributed by atoms with Gasteiger partial charge in [0.25, 0.3) is 0 Å². The molecule has 0 radical (unpaired) electrons. The first kappa shape index (κ1) is 14.9. The van der Waals surface area contributed by atoms with E-state index >= 15 is 0 Å². The summed E-state index contributed by atoms with van der Waals surface area (Å²) in [5.74, 6) is 1.75. The molecule has 19 heavy (non-hydrogen) atoms. The smallest absolute Gasteiger partial charge is 0.119 e. The maximum absolute atomic E-state index is 6.27. The molecule has 2 rings (SSSR count). The molecule has 1 aliphatic rings. The Bertz CT molecular complexity index is 386. The molecule has 1 atom stereocenters. The van der Waals surface area contributed by atoms with Crippen molar-refractivity contribution in [3.63, 3.8) is 0 Å². The lowest BCUT2D eigenvalue weighted by molar-refractivity contribution is -0.0256. The molecule has 1 saturated carbocycles. The summed E-state index contributed by atoms with van der Waals surface area (Å²) >= 11 is 3.57. The molecule has 0 N–H and O–H groups in total. The topological polar surface area (TPSA) is 18.5 Å². The summed E-state index contributed by atoms with van der Waals surface area (Å²) in [6.07, 6.45) is 5.48. The summed E-state index contributed by atoms with van der Waals surface area (Å²) in [6, 6.07) is 8.17. The van der Waals surface area contributed by atoms with Gasteiger partial charge in [-0.15, -0.1) is 0 Å². The Labute approximate surface area is 124 Å². The second-order valence-electron chi connectivity index (χ2n) is 5.44. The lowest BCUT2D eigenvalue weighted by Crippen LogP contribution is -2.23. The molecule has 106 valence electrons. The maximum Gasteiger partial charge on any atom is 0.119 e.